The van der Waals surface area contributed by atoms with Gasteiger partial charge in [-0.15, -0.1) is 0 Å². The van der Waals surface area contributed by atoms with Crippen LogP contribution in [0.25, 0.3) is 16.8 Å². The average molecular weight is 839 g/mol. The SMILES string of the molecule is CCC/C(=C\c1ccc(O)c2ccccc12)CC[C@@H](O)C1=C(CO[Si](c2ccccc2)(c2ccccc2)C(C)(C)C)C[C@H]2C(=O)N(c3cccc([N+](=O)[O-])c3)C(=O)[C@H]2[C@H]1CO. The minimum absolute atomic E-state index is 0.0504. The molecule has 0 aromatic heterocycles. The summed E-state index contributed by atoms with van der Waals surface area (Å²) in [4.78, 5) is 41.0. The van der Waals surface area contributed by atoms with Gasteiger partial charge in [0.05, 0.1) is 41.8 Å². The molecule has 5 aromatic rings. The van der Waals surface area contributed by atoms with Crippen LogP contribution < -0.4 is 15.3 Å². The summed E-state index contributed by atoms with van der Waals surface area (Å²) in [6, 6.07) is 37.1. The number of aromatic hydroxyl groups is 1. The number of imide groups is 1. The average Bonchev–Trinajstić information content (AvgIpc) is 3.51. The third-order valence-corrected chi connectivity index (χ3v) is 17.5. The molecular formula is C50H54N2O8Si. The van der Waals surface area contributed by atoms with Crippen LogP contribution in [0.4, 0.5) is 11.4 Å². The largest absolute Gasteiger partial charge is 0.507 e. The lowest BCUT2D eigenvalue weighted by atomic mass is 9.68. The van der Waals surface area contributed by atoms with E-state index >= 15 is 0 Å². The molecule has 10 nitrogen and oxygen atoms in total. The molecule has 0 radical (unpaired) electrons. The zero-order valence-electron chi connectivity index (χ0n) is 35.2. The summed E-state index contributed by atoms with van der Waals surface area (Å²) in [6.45, 7) is 8.16. The molecule has 61 heavy (non-hydrogen) atoms. The predicted molar refractivity (Wildman–Crippen MR) is 242 cm³/mol. The van der Waals surface area contributed by atoms with Gasteiger partial charge < -0.3 is 19.7 Å². The highest BCUT2D eigenvalue weighted by molar-refractivity contribution is 6.99. The molecule has 1 aliphatic heterocycles. The number of fused-ring (bicyclic) bond motifs is 2. The smallest absolute Gasteiger partial charge is 0.271 e. The van der Waals surface area contributed by atoms with E-state index in [1.807, 2.05) is 66.7 Å². The van der Waals surface area contributed by atoms with Gasteiger partial charge in [-0.05, 0) is 75.3 Å². The molecule has 4 atom stereocenters. The molecule has 11 heteroatoms. The van der Waals surface area contributed by atoms with E-state index in [1.54, 1.807) is 6.07 Å². The van der Waals surface area contributed by atoms with Gasteiger partial charge in [0.25, 0.3) is 14.0 Å². The maximum atomic E-state index is 14.4. The fourth-order valence-electron chi connectivity index (χ4n) is 9.77. The van der Waals surface area contributed by atoms with E-state index in [1.165, 1.54) is 24.3 Å². The Bertz CT molecular complexity index is 2440. The van der Waals surface area contributed by atoms with Crippen molar-refractivity contribution in [3.05, 3.63) is 154 Å². The van der Waals surface area contributed by atoms with E-state index in [9.17, 15) is 35.0 Å². The van der Waals surface area contributed by atoms with E-state index in [-0.39, 0.29) is 41.6 Å². The van der Waals surface area contributed by atoms with Crippen molar-refractivity contribution < 1.29 is 34.3 Å². The Morgan fingerprint density at radius 3 is 2.13 bits per heavy atom. The normalized spacial score (nSPS) is 19.1. The number of anilines is 1. The number of nitrogens with zero attached hydrogens (tertiary/aromatic N) is 2. The van der Waals surface area contributed by atoms with Crippen LogP contribution in [0.3, 0.4) is 0 Å². The number of allylic oxidation sites excluding steroid dienone is 1. The molecule has 2 amide bonds. The van der Waals surface area contributed by atoms with E-state index in [0.29, 0.717) is 17.6 Å². The number of carbonyl (C=O) groups excluding carboxylic acids is 2. The summed E-state index contributed by atoms with van der Waals surface area (Å²) in [5.41, 5.74) is 3.08. The van der Waals surface area contributed by atoms with Crippen LogP contribution in [0.5, 0.6) is 5.75 Å². The molecule has 1 aliphatic carbocycles. The highest BCUT2D eigenvalue weighted by atomic mass is 28.4. The van der Waals surface area contributed by atoms with Crippen LogP contribution in [-0.2, 0) is 14.0 Å². The van der Waals surface area contributed by atoms with Gasteiger partial charge in [0.15, 0.2) is 0 Å². The van der Waals surface area contributed by atoms with Crippen molar-refractivity contribution in [2.45, 2.75) is 70.9 Å². The monoisotopic (exact) mass is 838 g/mol. The van der Waals surface area contributed by atoms with Crippen LogP contribution in [0.2, 0.25) is 5.04 Å². The second kappa shape index (κ2) is 18.1. The molecule has 0 saturated carbocycles. The number of non-ortho nitro benzene ring substituents is 1. The summed E-state index contributed by atoms with van der Waals surface area (Å²) < 4.78 is 7.41. The molecule has 1 fully saturated rings. The van der Waals surface area contributed by atoms with Crippen molar-refractivity contribution in [1.82, 2.24) is 0 Å². The quantitative estimate of drug-likeness (QED) is 0.0313. The Morgan fingerprint density at radius 1 is 0.885 bits per heavy atom. The van der Waals surface area contributed by atoms with Crippen molar-refractivity contribution in [1.29, 1.82) is 0 Å². The lowest BCUT2D eigenvalue weighted by molar-refractivity contribution is -0.384. The number of rotatable bonds is 15. The molecule has 5 aromatic carbocycles. The second-order valence-electron chi connectivity index (χ2n) is 17.3. The van der Waals surface area contributed by atoms with Gasteiger partial charge in [-0.3, -0.25) is 19.7 Å². The summed E-state index contributed by atoms with van der Waals surface area (Å²) in [5, 5.41) is 49.4. The van der Waals surface area contributed by atoms with Crippen molar-refractivity contribution in [3.63, 3.8) is 0 Å². The molecule has 0 bridgehead atoms. The number of nitro groups is 1. The summed E-state index contributed by atoms with van der Waals surface area (Å²) in [5.74, 6) is -3.64. The van der Waals surface area contributed by atoms with Crippen LogP contribution in [0.15, 0.2) is 138 Å². The molecule has 316 valence electrons. The molecule has 2 aliphatic rings. The number of aliphatic hydroxyl groups is 2. The van der Waals surface area contributed by atoms with Gasteiger partial charge in [-0.1, -0.05) is 143 Å². The maximum Gasteiger partial charge on any atom is 0.271 e. The zero-order chi connectivity index (χ0) is 43.5. The van der Waals surface area contributed by atoms with Gasteiger partial charge in [-0.2, -0.15) is 0 Å². The topological polar surface area (TPSA) is 150 Å². The molecule has 0 unspecified atom stereocenters. The third kappa shape index (κ3) is 8.35. The Hall–Kier alpha value is -5.72. The molecular weight excluding hydrogens is 785 g/mol. The van der Waals surface area contributed by atoms with E-state index < -0.39 is 55.5 Å². The predicted octanol–water partition coefficient (Wildman–Crippen LogP) is 8.47. The van der Waals surface area contributed by atoms with Gasteiger partial charge in [-0.25, -0.2) is 4.90 Å². The van der Waals surface area contributed by atoms with E-state index in [0.717, 1.165) is 50.0 Å². The van der Waals surface area contributed by atoms with Crippen LogP contribution in [-0.4, -0.2) is 59.7 Å². The first-order chi connectivity index (χ1) is 29.3. The van der Waals surface area contributed by atoms with Gasteiger partial charge in [0.2, 0.25) is 11.8 Å². The molecule has 1 heterocycles. The van der Waals surface area contributed by atoms with Crippen LogP contribution in [0, 0.1) is 27.9 Å². The zero-order valence-corrected chi connectivity index (χ0v) is 36.2. The Labute approximate surface area is 358 Å². The number of hydrogen-bond acceptors (Lipinski definition) is 8. The number of nitro benzene ring substituents is 1. The number of phenols is 1. The molecule has 1 saturated heterocycles. The fraction of sp³-hybridized carbons (Fsp3) is 0.320. The minimum atomic E-state index is -3.13. The molecule has 0 spiro atoms. The highest BCUT2D eigenvalue weighted by Crippen LogP contribution is 2.48. The number of benzene rings is 5. The van der Waals surface area contributed by atoms with Gasteiger partial charge in [0, 0.05) is 23.4 Å². The lowest BCUT2D eigenvalue weighted by Crippen LogP contribution is -2.66. The summed E-state index contributed by atoms with van der Waals surface area (Å²) in [6.07, 6.45) is 3.56. The lowest BCUT2D eigenvalue weighted by Gasteiger charge is -2.44. The summed E-state index contributed by atoms with van der Waals surface area (Å²) >= 11 is 0. The molecule has 3 N–H and O–H groups in total. The third-order valence-electron chi connectivity index (χ3n) is 12.5. The van der Waals surface area contributed by atoms with Crippen LogP contribution in [0.1, 0.15) is 65.4 Å². The maximum absolute atomic E-state index is 14.4. The Balaban J connectivity index is 1.31. The Kier molecular flexibility index (Phi) is 12.9. The van der Waals surface area contributed by atoms with Crippen molar-refractivity contribution in [2.75, 3.05) is 18.1 Å². The minimum Gasteiger partial charge on any atom is -0.507 e. The van der Waals surface area contributed by atoms with Gasteiger partial charge in [0.1, 0.15) is 5.75 Å². The standard InChI is InChI=1S/C50H54N2O8Si/c1-5-15-33(28-34-25-27-44(54)41-23-13-12-22-40(34)41)24-26-45(55)46-35(32-60-61(50(2,3)4,38-18-8-6-9-19-38)39-20-10-7-11-21-39)29-42-47(43(46)31-53)49(57)51(48(42)56)36-16-14-17-37(30-36)52(58)59/h6-14,16-23,25,27-28,30,42-43,45,47,53-55H,5,15,24,26,29,31-32H2,1-4H3/b33-28+/t42-,43+,45-,47-/m1/s1. The number of carbonyl (C=O) groups is 2. The van der Waals surface area contributed by atoms with Crippen molar-refractivity contribution in [2.24, 2.45) is 17.8 Å². The van der Waals surface area contributed by atoms with E-state index in [2.05, 4.69) is 58.0 Å². The first-order valence-corrected chi connectivity index (χ1v) is 23.0. The number of phenolic OH excluding ortho intramolecular Hbond substituents is 1. The second-order valence-corrected chi connectivity index (χ2v) is 21.6. The highest BCUT2D eigenvalue weighted by Gasteiger charge is 2.56. The summed E-state index contributed by atoms with van der Waals surface area (Å²) in [7, 11) is -3.13. The number of aliphatic hydroxyl groups excluding tert-OH is 2. The Morgan fingerprint density at radius 2 is 1.52 bits per heavy atom. The van der Waals surface area contributed by atoms with Crippen molar-refractivity contribution in [3.8, 4) is 5.75 Å². The molecule has 7 rings (SSSR count). The van der Waals surface area contributed by atoms with Gasteiger partial charge >= 0.3 is 0 Å². The number of hydrogen-bond donors (Lipinski definition) is 3. The van der Waals surface area contributed by atoms with Crippen LogP contribution >= 0.6 is 0 Å². The van der Waals surface area contributed by atoms with Crippen molar-refractivity contribution >= 4 is 58.7 Å². The first kappa shape index (κ1) is 43.4. The number of amides is 2. The fourth-order valence-corrected chi connectivity index (χ4v) is 14.3. The first-order valence-electron chi connectivity index (χ1n) is 21.1. The van der Waals surface area contributed by atoms with E-state index in [4.69, 9.17) is 4.43 Å².